The first-order valence-corrected chi connectivity index (χ1v) is 9.68. The third-order valence-electron chi connectivity index (χ3n) is 3.95. The third kappa shape index (κ3) is 9.59. The number of nitrogens with zero attached hydrogens (tertiary/aromatic N) is 2. The number of nitrogens with one attached hydrogen (secondary N) is 2. The zero-order valence-corrected chi connectivity index (χ0v) is 17.8. The standard InChI is InChI=1S/2C13H12N2.Cu/c2*1-3-7-12(8-4-1)14-11-15-13-9-5-2-6-10-13;/h2*1-11H,(H,14,15);. The van der Waals surface area contributed by atoms with E-state index in [4.69, 9.17) is 0 Å². The predicted octanol–water partition coefficient (Wildman–Crippen LogP) is 6.91. The van der Waals surface area contributed by atoms with Crippen molar-refractivity contribution in [2.24, 2.45) is 9.98 Å². The van der Waals surface area contributed by atoms with E-state index in [1.54, 1.807) is 12.7 Å². The second kappa shape index (κ2) is 14.3. The fraction of sp³-hybridized carbons (Fsp3) is 0. The molecule has 0 amide bonds. The molecule has 4 aromatic carbocycles. The largest absolute Gasteiger partial charge is 0.346 e. The van der Waals surface area contributed by atoms with E-state index in [-0.39, 0.29) is 17.1 Å². The Hall–Kier alpha value is -3.66. The summed E-state index contributed by atoms with van der Waals surface area (Å²) in [6, 6.07) is 39.6. The van der Waals surface area contributed by atoms with Crippen LogP contribution in [-0.4, -0.2) is 12.7 Å². The first-order valence-electron chi connectivity index (χ1n) is 9.68. The maximum atomic E-state index is 4.27. The number of benzene rings is 4. The van der Waals surface area contributed by atoms with E-state index >= 15 is 0 Å². The van der Waals surface area contributed by atoms with Gasteiger partial charge in [-0.15, -0.1) is 0 Å². The number of anilines is 2. The van der Waals surface area contributed by atoms with Crippen molar-refractivity contribution in [3.63, 3.8) is 0 Å². The molecule has 0 unspecified atom stereocenters. The van der Waals surface area contributed by atoms with Crippen LogP contribution in [0, 0.1) is 0 Å². The molecule has 0 spiro atoms. The Morgan fingerprint density at radius 1 is 0.419 bits per heavy atom. The average Bonchev–Trinajstić information content (AvgIpc) is 2.82. The van der Waals surface area contributed by atoms with E-state index in [1.807, 2.05) is 121 Å². The van der Waals surface area contributed by atoms with Crippen LogP contribution in [0.1, 0.15) is 0 Å². The van der Waals surface area contributed by atoms with Crippen LogP contribution in [-0.2, 0) is 17.1 Å². The minimum absolute atomic E-state index is 0. The van der Waals surface area contributed by atoms with Crippen molar-refractivity contribution in [1.29, 1.82) is 0 Å². The smallest absolute Gasteiger partial charge is 0.0930 e. The van der Waals surface area contributed by atoms with Gasteiger partial charge in [0.05, 0.1) is 24.1 Å². The first kappa shape index (κ1) is 23.6. The van der Waals surface area contributed by atoms with E-state index in [1.165, 1.54) is 0 Å². The van der Waals surface area contributed by atoms with Crippen LogP contribution in [0.4, 0.5) is 22.7 Å². The fourth-order valence-electron chi connectivity index (χ4n) is 2.46. The Bertz CT molecular complexity index is 935. The van der Waals surface area contributed by atoms with Crippen molar-refractivity contribution in [1.82, 2.24) is 0 Å². The molecule has 4 aromatic rings. The van der Waals surface area contributed by atoms with Gasteiger partial charge >= 0.3 is 0 Å². The summed E-state index contributed by atoms with van der Waals surface area (Å²) >= 11 is 0. The molecular weight excluding hydrogens is 432 g/mol. The molecule has 0 saturated heterocycles. The third-order valence-corrected chi connectivity index (χ3v) is 3.95. The van der Waals surface area contributed by atoms with Crippen LogP contribution in [0.25, 0.3) is 0 Å². The zero-order chi connectivity index (χ0) is 20.7. The summed E-state index contributed by atoms with van der Waals surface area (Å²) in [7, 11) is 0. The van der Waals surface area contributed by atoms with E-state index in [2.05, 4.69) is 20.6 Å². The van der Waals surface area contributed by atoms with Gasteiger partial charge in [-0.05, 0) is 48.5 Å². The number of hydrogen-bond donors (Lipinski definition) is 2. The Morgan fingerprint density at radius 2 is 0.710 bits per heavy atom. The molecule has 4 nitrogen and oxygen atoms in total. The van der Waals surface area contributed by atoms with Crippen molar-refractivity contribution in [3.8, 4) is 0 Å². The summed E-state index contributed by atoms with van der Waals surface area (Å²) in [6.45, 7) is 0. The van der Waals surface area contributed by atoms with Crippen LogP contribution in [0.3, 0.4) is 0 Å². The molecule has 0 heterocycles. The van der Waals surface area contributed by atoms with Gasteiger partial charge in [0.2, 0.25) is 0 Å². The molecule has 0 aliphatic heterocycles. The summed E-state index contributed by atoms with van der Waals surface area (Å²) in [6.07, 6.45) is 3.40. The average molecular weight is 456 g/mol. The normalized spacial score (nSPS) is 10.1. The van der Waals surface area contributed by atoms with Crippen LogP contribution in [0.5, 0.6) is 0 Å². The van der Waals surface area contributed by atoms with Crippen molar-refractivity contribution in [3.05, 3.63) is 121 Å². The minimum atomic E-state index is 0. The molecule has 0 fully saturated rings. The zero-order valence-electron chi connectivity index (χ0n) is 16.9. The minimum Gasteiger partial charge on any atom is -0.346 e. The Morgan fingerprint density at radius 3 is 1.03 bits per heavy atom. The molecule has 1 radical (unpaired) electrons. The number of hydrogen-bond acceptors (Lipinski definition) is 2. The van der Waals surface area contributed by atoms with Crippen LogP contribution >= 0.6 is 0 Å². The Labute approximate surface area is 194 Å². The fourth-order valence-corrected chi connectivity index (χ4v) is 2.46. The van der Waals surface area contributed by atoms with Crippen molar-refractivity contribution in [2.75, 3.05) is 10.6 Å². The van der Waals surface area contributed by atoms with Gasteiger partial charge in [-0.2, -0.15) is 0 Å². The number of rotatable bonds is 6. The van der Waals surface area contributed by atoms with E-state index in [0.29, 0.717) is 0 Å². The number of aliphatic imine (C=N–C) groups is 2. The summed E-state index contributed by atoms with van der Waals surface area (Å²) in [4.78, 5) is 8.53. The Kier molecular flexibility index (Phi) is 10.9. The molecule has 2 N–H and O–H groups in total. The van der Waals surface area contributed by atoms with Gasteiger partial charge in [0.15, 0.2) is 0 Å². The van der Waals surface area contributed by atoms with Crippen LogP contribution in [0.15, 0.2) is 131 Å². The maximum Gasteiger partial charge on any atom is 0.0930 e. The SMILES string of the molecule is C(=Nc1ccccc1)Nc1ccccc1.C(=Nc1ccccc1)Nc1ccccc1.[Cu]. The van der Waals surface area contributed by atoms with E-state index in [0.717, 1.165) is 22.7 Å². The van der Waals surface area contributed by atoms with Crippen LogP contribution in [0.2, 0.25) is 0 Å². The molecule has 31 heavy (non-hydrogen) atoms. The van der Waals surface area contributed by atoms with Crippen molar-refractivity contribution in [2.45, 2.75) is 0 Å². The van der Waals surface area contributed by atoms with E-state index < -0.39 is 0 Å². The number of para-hydroxylation sites is 4. The van der Waals surface area contributed by atoms with Gasteiger partial charge in [-0.1, -0.05) is 72.8 Å². The van der Waals surface area contributed by atoms with Crippen molar-refractivity contribution >= 4 is 35.4 Å². The quantitative estimate of drug-likeness (QED) is 0.188. The molecule has 0 saturated carbocycles. The summed E-state index contributed by atoms with van der Waals surface area (Å²) in [5.74, 6) is 0. The van der Waals surface area contributed by atoms with Gasteiger partial charge in [-0.25, -0.2) is 9.98 Å². The van der Waals surface area contributed by atoms with Gasteiger partial charge < -0.3 is 10.6 Å². The van der Waals surface area contributed by atoms with Gasteiger partial charge in [-0.3, -0.25) is 0 Å². The maximum absolute atomic E-state index is 4.27. The first-order chi connectivity index (χ1) is 14.9. The molecule has 0 aromatic heterocycles. The molecule has 0 bridgehead atoms. The topological polar surface area (TPSA) is 48.8 Å². The van der Waals surface area contributed by atoms with Crippen LogP contribution < -0.4 is 10.6 Å². The van der Waals surface area contributed by atoms with Gasteiger partial charge in [0, 0.05) is 28.4 Å². The predicted molar refractivity (Wildman–Crippen MR) is 129 cm³/mol. The second-order valence-corrected chi connectivity index (χ2v) is 6.21. The Balaban J connectivity index is 0.000000213. The summed E-state index contributed by atoms with van der Waals surface area (Å²) in [5.41, 5.74) is 3.97. The summed E-state index contributed by atoms with van der Waals surface area (Å²) in [5, 5.41) is 6.20. The van der Waals surface area contributed by atoms with Gasteiger partial charge in [0.25, 0.3) is 0 Å². The summed E-state index contributed by atoms with van der Waals surface area (Å²) < 4.78 is 0. The van der Waals surface area contributed by atoms with E-state index in [9.17, 15) is 0 Å². The van der Waals surface area contributed by atoms with Gasteiger partial charge in [0.1, 0.15) is 0 Å². The molecule has 0 aliphatic rings. The molecule has 0 aliphatic carbocycles. The molecule has 159 valence electrons. The molecule has 4 rings (SSSR count). The molecule has 0 atom stereocenters. The monoisotopic (exact) mass is 455 g/mol. The molecule has 5 heteroatoms. The van der Waals surface area contributed by atoms with Crippen molar-refractivity contribution < 1.29 is 17.1 Å². The second-order valence-electron chi connectivity index (χ2n) is 6.21. The molecular formula is C26H24CuN4.